The smallest absolute Gasteiger partial charge is 0.342 e. The van der Waals surface area contributed by atoms with Gasteiger partial charge in [0, 0.05) is 12.4 Å². The van der Waals surface area contributed by atoms with Gasteiger partial charge in [-0.3, -0.25) is 4.98 Å². The molecule has 98 valence electrons. The fraction of sp³-hybridized carbons (Fsp3) is 0.200. The Bertz CT molecular complexity index is 571. The molecule has 19 heavy (non-hydrogen) atoms. The van der Waals surface area contributed by atoms with Crippen LogP contribution in [0, 0.1) is 6.92 Å². The summed E-state index contributed by atoms with van der Waals surface area (Å²) in [4.78, 5) is 15.7. The minimum Gasteiger partial charge on any atom is -0.507 e. The van der Waals surface area contributed by atoms with E-state index in [-0.39, 0.29) is 17.9 Å². The first-order chi connectivity index (χ1) is 9.13. The molecule has 1 N–H and O–H groups in total. The van der Waals surface area contributed by atoms with Gasteiger partial charge in [-0.1, -0.05) is 6.07 Å². The number of benzene rings is 1. The Morgan fingerprint density at radius 2 is 1.95 bits per heavy atom. The molecule has 2 rings (SSSR count). The van der Waals surface area contributed by atoms with E-state index in [0.29, 0.717) is 5.56 Å². The zero-order valence-corrected chi connectivity index (χ0v) is 10.9. The molecule has 0 fully saturated rings. The summed E-state index contributed by atoms with van der Waals surface area (Å²) in [7, 11) is 0. The van der Waals surface area contributed by atoms with Crippen molar-refractivity contribution >= 4 is 5.97 Å². The summed E-state index contributed by atoms with van der Waals surface area (Å²) in [6.45, 7) is 3.79. The predicted octanol–water partition coefficient (Wildman–Crippen LogP) is 2.94. The Kier molecular flexibility index (Phi) is 3.80. The molecule has 2 aromatic rings. The number of ether oxygens (including phenoxy) is 1. The molecule has 4 nitrogen and oxygen atoms in total. The van der Waals surface area contributed by atoms with Crippen LogP contribution in [0.3, 0.4) is 0 Å². The lowest BCUT2D eigenvalue weighted by atomic mass is 9.99. The highest BCUT2D eigenvalue weighted by Crippen LogP contribution is 2.29. The van der Waals surface area contributed by atoms with Crippen LogP contribution in [0.4, 0.5) is 0 Å². The molecule has 0 unspecified atom stereocenters. The van der Waals surface area contributed by atoms with Crippen LogP contribution in [0.2, 0.25) is 0 Å². The summed E-state index contributed by atoms with van der Waals surface area (Å²) < 4.78 is 4.93. The van der Waals surface area contributed by atoms with Crippen LogP contribution >= 0.6 is 0 Å². The molecule has 0 bridgehead atoms. The molecule has 0 saturated heterocycles. The summed E-state index contributed by atoms with van der Waals surface area (Å²) in [5.41, 5.74) is 2.68. The molecule has 0 spiro atoms. The normalized spacial score (nSPS) is 10.2. The molecule has 1 aromatic carbocycles. The van der Waals surface area contributed by atoms with E-state index in [9.17, 15) is 9.90 Å². The van der Waals surface area contributed by atoms with Crippen molar-refractivity contribution in [2.45, 2.75) is 13.8 Å². The number of esters is 1. The molecule has 0 saturated carbocycles. The first-order valence-electron chi connectivity index (χ1n) is 6.04. The van der Waals surface area contributed by atoms with Crippen LogP contribution in [0.25, 0.3) is 11.1 Å². The van der Waals surface area contributed by atoms with Gasteiger partial charge in [-0.05, 0) is 48.7 Å². The number of aromatic hydroxyl groups is 1. The number of rotatable bonds is 3. The highest BCUT2D eigenvalue weighted by atomic mass is 16.5. The Balaban J connectivity index is 2.45. The SMILES string of the molecule is CCOC(=O)c1c(C)cc(-c2ccncc2)cc1O. The third-order valence-corrected chi connectivity index (χ3v) is 2.81. The van der Waals surface area contributed by atoms with Crippen LogP contribution in [-0.2, 0) is 4.74 Å². The number of phenolic OH excluding ortho intramolecular Hbond substituents is 1. The maximum Gasteiger partial charge on any atom is 0.342 e. The lowest BCUT2D eigenvalue weighted by Gasteiger charge is -2.10. The quantitative estimate of drug-likeness (QED) is 0.859. The van der Waals surface area contributed by atoms with E-state index >= 15 is 0 Å². The van der Waals surface area contributed by atoms with Crippen molar-refractivity contribution in [3.8, 4) is 16.9 Å². The minimum atomic E-state index is -0.501. The number of hydrogen-bond donors (Lipinski definition) is 1. The number of aryl methyl sites for hydroxylation is 1. The number of hydrogen-bond acceptors (Lipinski definition) is 4. The average molecular weight is 257 g/mol. The fourth-order valence-electron chi connectivity index (χ4n) is 1.95. The average Bonchev–Trinajstić information content (AvgIpc) is 2.39. The maximum absolute atomic E-state index is 11.7. The molecule has 0 radical (unpaired) electrons. The topological polar surface area (TPSA) is 59.4 Å². The van der Waals surface area contributed by atoms with Crippen molar-refractivity contribution in [1.82, 2.24) is 4.98 Å². The predicted molar refractivity (Wildman–Crippen MR) is 72.0 cm³/mol. The zero-order valence-electron chi connectivity index (χ0n) is 10.9. The zero-order chi connectivity index (χ0) is 13.8. The minimum absolute atomic E-state index is 0.0646. The molecule has 1 heterocycles. The Hall–Kier alpha value is -2.36. The molecule has 1 aromatic heterocycles. The van der Waals surface area contributed by atoms with Gasteiger partial charge in [-0.2, -0.15) is 0 Å². The Morgan fingerprint density at radius 3 is 2.53 bits per heavy atom. The van der Waals surface area contributed by atoms with Gasteiger partial charge in [0.2, 0.25) is 0 Å². The van der Waals surface area contributed by atoms with Crippen molar-refractivity contribution < 1.29 is 14.6 Å². The highest BCUT2D eigenvalue weighted by Gasteiger charge is 2.16. The number of carbonyl (C=O) groups excluding carboxylic acids is 1. The molecule has 0 amide bonds. The summed E-state index contributed by atoms with van der Waals surface area (Å²) in [5, 5.41) is 10.0. The van der Waals surface area contributed by atoms with Crippen molar-refractivity contribution in [3.63, 3.8) is 0 Å². The van der Waals surface area contributed by atoms with E-state index < -0.39 is 5.97 Å². The molecular formula is C15H15NO3. The van der Waals surface area contributed by atoms with Crippen molar-refractivity contribution in [2.24, 2.45) is 0 Å². The number of nitrogens with zero attached hydrogens (tertiary/aromatic N) is 1. The lowest BCUT2D eigenvalue weighted by Crippen LogP contribution is -2.07. The van der Waals surface area contributed by atoms with Gasteiger partial charge >= 0.3 is 5.97 Å². The van der Waals surface area contributed by atoms with Crippen LogP contribution in [-0.4, -0.2) is 22.7 Å². The van der Waals surface area contributed by atoms with Crippen molar-refractivity contribution in [2.75, 3.05) is 6.61 Å². The van der Waals surface area contributed by atoms with E-state index in [2.05, 4.69) is 4.98 Å². The first-order valence-corrected chi connectivity index (χ1v) is 6.04. The molecule has 0 aliphatic carbocycles. The third-order valence-electron chi connectivity index (χ3n) is 2.81. The van der Waals surface area contributed by atoms with Gasteiger partial charge in [0.05, 0.1) is 6.61 Å². The summed E-state index contributed by atoms with van der Waals surface area (Å²) in [6, 6.07) is 7.10. The Morgan fingerprint density at radius 1 is 1.26 bits per heavy atom. The number of phenols is 1. The second kappa shape index (κ2) is 5.52. The molecule has 0 aliphatic rings. The monoisotopic (exact) mass is 257 g/mol. The molecule has 4 heteroatoms. The van der Waals surface area contributed by atoms with Crippen LogP contribution in [0.1, 0.15) is 22.8 Å². The second-order valence-corrected chi connectivity index (χ2v) is 4.14. The summed E-state index contributed by atoms with van der Waals surface area (Å²) >= 11 is 0. The summed E-state index contributed by atoms with van der Waals surface area (Å²) in [5.74, 6) is -0.566. The van der Waals surface area contributed by atoms with Crippen molar-refractivity contribution in [3.05, 3.63) is 47.8 Å². The first kappa shape index (κ1) is 13.1. The van der Waals surface area contributed by atoms with Gasteiger partial charge in [0.25, 0.3) is 0 Å². The van der Waals surface area contributed by atoms with E-state index in [4.69, 9.17) is 4.74 Å². The van der Waals surface area contributed by atoms with Gasteiger partial charge in [0.15, 0.2) is 0 Å². The van der Waals surface area contributed by atoms with E-state index in [1.54, 1.807) is 32.3 Å². The van der Waals surface area contributed by atoms with Crippen LogP contribution in [0.5, 0.6) is 5.75 Å². The molecule has 0 aliphatic heterocycles. The van der Waals surface area contributed by atoms with Crippen molar-refractivity contribution in [1.29, 1.82) is 0 Å². The summed E-state index contributed by atoms with van der Waals surface area (Å²) in [6.07, 6.45) is 3.36. The third kappa shape index (κ3) is 2.73. The number of pyridine rings is 1. The van der Waals surface area contributed by atoms with E-state index in [1.165, 1.54) is 0 Å². The van der Waals surface area contributed by atoms with E-state index in [0.717, 1.165) is 11.1 Å². The van der Waals surface area contributed by atoms with Gasteiger partial charge in [-0.25, -0.2) is 4.79 Å². The van der Waals surface area contributed by atoms with E-state index in [1.807, 2.05) is 18.2 Å². The molecular weight excluding hydrogens is 242 g/mol. The molecule has 0 atom stereocenters. The number of carbonyl (C=O) groups is 1. The Labute approximate surface area is 111 Å². The van der Waals surface area contributed by atoms with Crippen LogP contribution < -0.4 is 0 Å². The second-order valence-electron chi connectivity index (χ2n) is 4.14. The number of aromatic nitrogens is 1. The van der Waals surface area contributed by atoms with Crippen LogP contribution in [0.15, 0.2) is 36.7 Å². The largest absolute Gasteiger partial charge is 0.507 e. The lowest BCUT2D eigenvalue weighted by molar-refractivity contribution is 0.0522. The highest BCUT2D eigenvalue weighted by molar-refractivity contribution is 5.95. The van der Waals surface area contributed by atoms with Gasteiger partial charge < -0.3 is 9.84 Å². The van der Waals surface area contributed by atoms with Gasteiger partial charge in [-0.15, -0.1) is 0 Å². The standard InChI is InChI=1S/C15H15NO3/c1-3-19-15(18)14-10(2)8-12(9-13(14)17)11-4-6-16-7-5-11/h4-9,17H,3H2,1-2H3. The van der Waals surface area contributed by atoms with Gasteiger partial charge in [0.1, 0.15) is 11.3 Å². The fourth-order valence-corrected chi connectivity index (χ4v) is 1.95. The maximum atomic E-state index is 11.7.